The summed E-state index contributed by atoms with van der Waals surface area (Å²) < 4.78 is 11.3. The highest BCUT2D eigenvalue weighted by atomic mass is 16.5. The van der Waals surface area contributed by atoms with E-state index in [4.69, 9.17) is 14.6 Å². The molecule has 1 aromatic rings. The standard InChI is InChI=1S/C21H36O3/c1-2-3-4-5-6-7-8-9-10-11-18-23-20-13-15-21(16-14-20)24-19-12-17-22/h13-16,22H,2-12,17-19H2,1H3. The van der Waals surface area contributed by atoms with Gasteiger partial charge in [0, 0.05) is 13.0 Å². The molecule has 0 atom stereocenters. The van der Waals surface area contributed by atoms with Gasteiger partial charge in [0.1, 0.15) is 11.5 Å². The first kappa shape index (κ1) is 20.8. The monoisotopic (exact) mass is 336 g/mol. The van der Waals surface area contributed by atoms with Crippen LogP contribution in [0.2, 0.25) is 0 Å². The summed E-state index contributed by atoms with van der Waals surface area (Å²) in [7, 11) is 0. The second-order valence-electron chi connectivity index (χ2n) is 6.43. The predicted molar refractivity (Wildman–Crippen MR) is 101 cm³/mol. The van der Waals surface area contributed by atoms with E-state index in [9.17, 15) is 0 Å². The van der Waals surface area contributed by atoms with Crippen LogP contribution in [0.4, 0.5) is 0 Å². The number of benzene rings is 1. The van der Waals surface area contributed by atoms with Crippen LogP contribution in [-0.2, 0) is 0 Å². The van der Waals surface area contributed by atoms with Gasteiger partial charge < -0.3 is 14.6 Å². The average Bonchev–Trinajstić information content (AvgIpc) is 2.61. The minimum Gasteiger partial charge on any atom is -0.494 e. The Morgan fingerprint density at radius 3 is 1.50 bits per heavy atom. The Labute approximate surface area is 148 Å². The van der Waals surface area contributed by atoms with Crippen molar-refractivity contribution < 1.29 is 14.6 Å². The molecule has 3 nitrogen and oxygen atoms in total. The number of hydrogen-bond acceptors (Lipinski definition) is 3. The first-order chi connectivity index (χ1) is 11.9. The molecule has 0 bridgehead atoms. The van der Waals surface area contributed by atoms with Gasteiger partial charge in [0.25, 0.3) is 0 Å². The van der Waals surface area contributed by atoms with Crippen LogP contribution in [0.5, 0.6) is 11.5 Å². The molecular weight excluding hydrogens is 300 g/mol. The maximum Gasteiger partial charge on any atom is 0.119 e. The minimum atomic E-state index is 0.167. The molecule has 0 amide bonds. The van der Waals surface area contributed by atoms with Crippen LogP contribution in [0, 0.1) is 0 Å². The lowest BCUT2D eigenvalue weighted by atomic mass is 10.1. The Bertz CT molecular complexity index is 375. The van der Waals surface area contributed by atoms with Crippen molar-refractivity contribution >= 4 is 0 Å². The Balaban J connectivity index is 1.93. The van der Waals surface area contributed by atoms with Gasteiger partial charge in [0.2, 0.25) is 0 Å². The van der Waals surface area contributed by atoms with Crippen LogP contribution in [0.15, 0.2) is 24.3 Å². The van der Waals surface area contributed by atoms with Gasteiger partial charge in [-0.2, -0.15) is 0 Å². The van der Waals surface area contributed by atoms with Crippen molar-refractivity contribution in [1.82, 2.24) is 0 Å². The van der Waals surface area contributed by atoms with E-state index in [-0.39, 0.29) is 6.61 Å². The van der Waals surface area contributed by atoms with Crippen molar-refractivity contribution in [3.63, 3.8) is 0 Å². The zero-order valence-electron chi connectivity index (χ0n) is 15.5. The normalized spacial score (nSPS) is 10.8. The molecule has 0 unspecified atom stereocenters. The van der Waals surface area contributed by atoms with Gasteiger partial charge in [0.05, 0.1) is 13.2 Å². The fourth-order valence-electron chi connectivity index (χ4n) is 2.67. The largest absolute Gasteiger partial charge is 0.494 e. The molecule has 0 saturated heterocycles. The van der Waals surface area contributed by atoms with E-state index in [1.165, 1.54) is 57.8 Å². The van der Waals surface area contributed by atoms with E-state index in [1.807, 2.05) is 24.3 Å². The third kappa shape index (κ3) is 11.3. The smallest absolute Gasteiger partial charge is 0.119 e. The van der Waals surface area contributed by atoms with Crippen molar-refractivity contribution in [3.05, 3.63) is 24.3 Å². The molecular formula is C21H36O3. The topological polar surface area (TPSA) is 38.7 Å². The highest BCUT2D eigenvalue weighted by Crippen LogP contribution is 2.18. The van der Waals surface area contributed by atoms with E-state index >= 15 is 0 Å². The second kappa shape index (κ2) is 15.3. The molecule has 0 heterocycles. The van der Waals surface area contributed by atoms with Crippen LogP contribution >= 0.6 is 0 Å². The molecule has 0 aromatic heterocycles. The SMILES string of the molecule is CCCCCCCCCCCCOc1ccc(OCCCO)cc1. The molecule has 0 aliphatic heterocycles. The van der Waals surface area contributed by atoms with Gasteiger partial charge in [0.15, 0.2) is 0 Å². The Hall–Kier alpha value is -1.22. The van der Waals surface area contributed by atoms with Crippen molar-refractivity contribution in [2.45, 2.75) is 77.6 Å². The molecule has 0 aliphatic carbocycles. The fourth-order valence-corrected chi connectivity index (χ4v) is 2.67. The lowest BCUT2D eigenvalue weighted by Gasteiger charge is -2.08. The van der Waals surface area contributed by atoms with Crippen LogP contribution in [0.3, 0.4) is 0 Å². The van der Waals surface area contributed by atoms with Crippen molar-refractivity contribution in [1.29, 1.82) is 0 Å². The summed E-state index contributed by atoms with van der Waals surface area (Å²) in [6.45, 7) is 3.78. The maximum atomic E-state index is 8.72. The van der Waals surface area contributed by atoms with Crippen LogP contribution in [-0.4, -0.2) is 24.9 Å². The molecule has 24 heavy (non-hydrogen) atoms. The molecule has 0 fully saturated rings. The highest BCUT2D eigenvalue weighted by molar-refractivity contribution is 5.31. The van der Waals surface area contributed by atoms with Gasteiger partial charge in [-0.3, -0.25) is 0 Å². The number of hydrogen-bond donors (Lipinski definition) is 1. The fraction of sp³-hybridized carbons (Fsp3) is 0.714. The highest BCUT2D eigenvalue weighted by Gasteiger charge is 1.97. The quantitative estimate of drug-likeness (QED) is 0.391. The summed E-state index contributed by atoms with van der Waals surface area (Å²) in [6, 6.07) is 7.74. The van der Waals surface area contributed by atoms with Crippen molar-refractivity contribution in [3.8, 4) is 11.5 Å². The van der Waals surface area contributed by atoms with Crippen LogP contribution in [0.1, 0.15) is 77.6 Å². The van der Waals surface area contributed by atoms with Gasteiger partial charge in [-0.05, 0) is 30.7 Å². The van der Waals surface area contributed by atoms with Crippen LogP contribution in [0.25, 0.3) is 0 Å². The summed E-state index contributed by atoms with van der Waals surface area (Å²) in [5.41, 5.74) is 0. The third-order valence-electron chi connectivity index (χ3n) is 4.16. The molecule has 1 rings (SSSR count). The number of aliphatic hydroxyl groups is 1. The molecule has 1 aromatic carbocycles. The zero-order valence-corrected chi connectivity index (χ0v) is 15.5. The first-order valence-corrected chi connectivity index (χ1v) is 9.83. The lowest BCUT2D eigenvalue weighted by molar-refractivity contribution is 0.233. The van der Waals surface area contributed by atoms with E-state index in [0.717, 1.165) is 24.5 Å². The molecule has 138 valence electrons. The number of ether oxygens (including phenoxy) is 2. The summed E-state index contributed by atoms with van der Waals surface area (Å²) in [4.78, 5) is 0. The maximum absolute atomic E-state index is 8.72. The summed E-state index contributed by atoms with van der Waals surface area (Å²) in [5, 5.41) is 8.72. The number of rotatable bonds is 16. The van der Waals surface area contributed by atoms with E-state index < -0.39 is 0 Å². The Kier molecular flexibility index (Phi) is 13.3. The summed E-state index contributed by atoms with van der Waals surface area (Å²) >= 11 is 0. The Morgan fingerprint density at radius 2 is 1.04 bits per heavy atom. The summed E-state index contributed by atoms with van der Waals surface area (Å²) in [6.07, 6.45) is 14.1. The van der Waals surface area contributed by atoms with E-state index in [0.29, 0.717) is 13.0 Å². The molecule has 3 heteroatoms. The molecule has 1 N–H and O–H groups in total. The molecule has 0 saturated carbocycles. The zero-order chi connectivity index (χ0) is 17.3. The summed E-state index contributed by atoms with van der Waals surface area (Å²) in [5.74, 6) is 1.73. The Morgan fingerprint density at radius 1 is 0.625 bits per heavy atom. The number of unbranched alkanes of at least 4 members (excludes halogenated alkanes) is 9. The molecule has 0 aliphatic rings. The second-order valence-corrected chi connectivity index (χ2v) is 6.43. The van der Waals surface area contributed by atoms with Gasteiger partial charge in [-0.25, -0.2) is 0 Å². The van der Waals surface area contributed by atoms with Gasteiger partial charge in [-0.15, -0.1) is 0 Å². The number of aliphatic hydroxyl groups excluding tert-OH is 1. The van der Waals surface area contributed by atoms with E-state index in [1.54, 1.807) is 0 Å². The molecule has 0 spiro atoms. The van der Waals surface area contributed by atoms with Gasteiger partial charge in [-0.1, -0.05) is 64.7 Å². The van der Waals surface area contributed by atoms with Crippen LogP contribution < -0.4 is 9.47 Å². The van der Waals surface area contributed by atoms with E-state index in [2.05, 4.69) is 6.92 Å². The average molecular weight is 337 g/mol. The third-order valence-corrected chi connectivity index (χ3v) is 4.16. The first-order valence-electron chi connectivity index (χ1n) is 9.83. The van der Waals surface area contributed by atoms with Crippen molar-refractivity contribution in [2.75, 3.05) is 19.8 Å². The predicted octanol–water partition coefficient (Wildman–Crippen LogP) is 5.75. The van der Waals surface area contributed by atoms with Gasteiger partial charge >= 0.3 is 0 Å². The lowest BCUT2D eigenvalue weighted by Crippen LogP contribution is -2.00. The molecule has 0 radical (unpaired) electrons. The minimum absolute atomic E-state index is 0.167. The van der Waals surface area contributed by atoms with Crippen molar-refractivity contribution in [2.24, 2.45) is 0 Å².